The Bertz CT molecular complexity index is 882. The van der Waals surface area contributed by atoms with Crippen LogP contribution in [0.2, 0.25) is 0 Å². The van der Waals surface area contributed by atoms with E-state index < -0.39 is 0 Å². The highest BCUT2D eigenvalue weighted by molar-refractivity contribution is 5.94. The van der Waals surface area contributed by atoms with E-state index in [0.29, 0.717) is 50.7 Å². The highest BCUT2D eigenvalue weighted by Gasteiger charge is 2.24. The molecule has 0 aliphatic carbocycles. The number of carbonyl (C=O) groups is 2. The number of piperidine rings is 1. The van der Waals surface area contributed by atoms with Crippen LogP contribution in [0.15, 0.2) is 42.9 Å². The SMILES string of the molecule is O=C(/C=C/c1cnc[nH]1)N1CCC(Oc2cccc(C(=O)N3CCOCC3)c2)CC1. The van der Waals surface area contributed by atoms with Crippen LogP contribution < -0.4 is 4.74 Å². The minimum Gasteiger partial charge on any atom is -0.490 e. The van der Waals surface area contributed by atoms with Gasteiger partial charge in [-0.3, -0.25) is 9.59 Å². The molecule has 0 radical (unpaired) electrons. The minimum absolute atomic E-state index is 0.00761. The van der Waals surface area contributed by atoms with Crippen molar-refractivity contribution in [2.45, 2.75) is 18.9 Å². The van der Waals surface area contributed by atoms with Crippen molar-refractivity contribution in [2.75, 3.05) is 39.4 Å². The van der Waals surface area contributed by atoms with Crippen LogP contribution in [0.25, 0.3) is 6.08 Å². The van der Waals surface area contributed by atoms with Gasteiger partial charge in [0.05, 0.1) is 31.4 Å². The van der Waals surface area contributed by atoms with Gasteiger partial charge in [-0.1, -0.05) is 6.07 Å². The molecule has 1 aromatic heterocycles. The molecule has 0 unspecified atom stereocenters. The molecule has 8 heteroatoms. The zero-order chi connectivity index (χ0) is 20.8. The predicted octanol–water partition coefficient (Wildman–Crippen LogP) is 1.97. The second kappa shape index (κ2) is 9.58. The maximum atomic E-state index is 12.7. The summed E-state index contributed by atoms with van der Waals surface area (Å²) in [7, 11) is 0. The third kappa shape index (κ3) is 5.07. The molecule has 2 aliphatic heterocycles. The number of hydrogen-bond donors (Lipinski definition) is 1. The number of benzene rings is 1. The number of ether oxygens (including phenoxy) is 2. The van der Waals surface area contributed by atoms with E-state index in [9.17, 15) is 9.59 Å². The molecular formula is C22H26N4O4. The molecule has 1 aromatic carbocycles. The van der Waals surface area contributed by atoms with Crippen molar-refractivity contribution in [3.8, 4) is 5.75 Å². The number of amides is 2. The zero-order valence-corrected chi connectivity index (χ0v) is 16.8. The molecule has 158 valence electrons. The first kappa shape index (κ1) is 20.2. The van der Waals surface area contributed by atoms with Crippen LogP contribution >= 0.6 is 0 Å². The molecule has 2 saturated heterocycles. The molecule has 2 aromatic rings. The molecule has 1 N–H and O–H groups in total. The van der Waals surface area contributed by atoms with Gasteiger partial charge in [0.15, 0.2) is 0 Å². The second-order valence-electron chi connectivity index (χ2n) is 7.42. The van der Waals surface area contributed by atoms with Crippen molar-refractivity contribution in [1.82, 2.24) is 19.8 Å². The van der Waals surface area contributed by atoms with E-state index in [1.165, 1.54) is 0 Å². The molecule has 30 heavy (non-hydrogen) atoms. The number of aromatic amines is 1. The quantitative estimate of drug-likeness (QED) is 0.762. The molecule has 2 amide bonds. The van der Waals surface area contributed by atoms with Crippen LogP contribution in [0.3, 0.4) is 0 Å². The van der Waals surface area contributed by atoms with Gasteiger partial charge < -0.3 is 24.3 Å². The zero-order valence-electron chi connectivity index (χ0n) is 16.8. The Morgan fingerprint density at radius 3 is 2.67 bits per heavy atom. The standard InChI is InChI=1S/C22H26N4O4/c27-21(5-4-18-15-23-16-24-18)25-8-6-19(7-9-25)30-20-3-1-2-17(14-20)22(28)26-10-12-29-13-11-26/h1-5,14-16,19H,6-13H2,(H,23,24)/b5-4+. The van der Waals surface area contributed by atoms with Crippen LogP contribution in [-0.4, -0.2) is 77.1 Å². The molecule has 0 bridgehead atoms. The fourth-order valence-corrected chi connectivity index (χ4v) is 3.66. The van der Waals surface area contributed by atoms with Gasteiger partial charge in [-0.2, -0.15) is 0 Å². The van der Waals surface area contributed by atoms with Crippen molar-refractivity contribution >= 4 is 17.9 Å². The number of imidazole rings is 1. The summed E-state index contributed by atoms with van der Waals surface area (Å²) in [5, 5.41) is 0. The molecule has 4 rings (SSSR count). The number of aromatic nitrogens is 2. The van der Waals surface area contributed by atoms with Gasteiger partial charge >= 0.3 is 0 Å². The van der Waals surface area contributed by atoms with Gasteiger partial charge in [0.1, 0.15) is 11.9 Å². The summed E-state index contributed by atoms with van der Waals surface area (Å²) >= 11 is 0. The first-order valence-corrected chi connectivity index (χ1v) is 10.3. The number of morpholine rings is 1. The summed E-state index contributed by atoms with van der Waals surface area (Å²) in [6.45, 7) is 3.68. The molecule has 2 fully saturated rings. The first-order chi connectivity index (χ1) is 14.7. The molecule has 0 spiro atoms. The van der Waals surface area contributed by atoms with Crippen molar-refractivity contribution in [3.63, 3.8) is 0 Å². The summed E-state index contributed by atoms with van der Waals surface area (Å²) in [5.74, 6) is 0.687. The highest BCUT2D eigenvalue weighted by Crippen LogP contribution is 2.21. The molecule has 0 saturated carbocycles. The molecule has 3 heterocycles. The average Bonchev–Trinajstić information content (AvgIpc) is 3.32. The molecule has 8 nitrogen and oxygen atoms in total. The lowest BCUT2D eigenvalue weighted by molar-refractivity contribution is -0.127. The topological polar surface area (TPSA) is 87.8 Å². The average molecular weight is 410 g/mol. The van der Waals surface area contributed by atoms with E-state index in [-0.39, 0.29) is 17.9 Å². The Labute approximate surface area is 175 Å². The van der Waals surface area contributed by atoms with Crippen LogP contribution in [0.5, 0.6) is 5.75 Å². The summed E-state index contributed by atoms with van der Waals surface area (Å²) in [5.41, 5.74) is 1.43. The Hall–Kier alpha value is -3.13. The number of rotatable bonds is 5. The minimum atomic E-state index is -0.0128. The van der Waals surface area contributed by atoms with Gasteiger partial charge in [0.2, 0.25) is 5.91 Å². The summed E-state index contributed by atoms with van der Waals surface area (Å²) in [6, 6.07) is 7.35. The number of nitrogens with one attached hydrogen (secondary N) is 1. The van der Waals surface area contributed by atoms with E-state index in [1.807, 2.05) is 34.1 Å². The van der Waals surface area contributed by atoms with E-state index in [2.05, 4.69) is 9.97 Å². The van der Waals surface area contributed by atoms with Crippen LogP contribution in [-0.2, 0) is 9.53 Å². The van der Waals surface area contributed by atoms with Crippen LogP contribution in [0.1, 0.15) is 28.9 Å². The lowest BCUT2D eigenvalue weighted by Gasteiger charge is -2.31. The van der Waals surface area contributed by atoms with E-state index in [4.69, 9.17) is 9.47 Å². The number of likely N-dealkylation sites (tertiary alicyclic amines) is 1. The Kier molecular flexibility index (Phi) is 6.44. The first-order valence-electron chi connectivity index (χ1n) is 10.3. The van der Waals surface area contributed by atoms with Crippen molar-refractivity contribution < 1.29 is 19.1 Å². The van der Waals surface area contributed by atoms with Crippen molar-refractivity contribution in [1.29, 1.82) is 0 Å². The smallest absolute Gasteiger partial charge is 0.254 e. The van der Waals surface area contributed by atoms with Gasteiger partial charge in [0.25, 0.3) is 5.91 Å². The molecule has 0 atom stereocenters. The van der Waals surface area contributed by atoms with Crippen LogP contribution in [0, 0.1) is 0 Å². The Morgan fingerprint density at radius 1 is 1.13 bits per heavy atom. The summed E-state index contributed by atoms with van der Waals surface area (Å²) in [4.78, 5) is 35.5. The fraction of sp³-hybridized carbons (Fsp3) is 0.409. The summed E-state index contributed by atoms with van der Waals surface area (Å²) < 4.78 is 11.4. The maximum Gasteiger partial charge on any atom is 0.254 e. The lowest BCUT2D eigenvalue weighted by Crippen LogP contribution is -2.41. The third-order valence-corrected chi connectivity index (χ3v) is 5.36. The normalized spacial score (nSPS) is 18.0. The van der Waals surface area contributed by atoms with Gasteiger partial charge in [-0.05, 0) is 24.3 Å². The monoisotopic (exact) mass is 410 g/mol. The van der Waals surface area contributed by atoms with Gasteiger partial charge in [0, 0.05) is 50.7 Å². The maximum absolute atomic E-state index is 12.7. The number of hydrogen-bond acceptors (Lipinski definition) is 5. The largest absolute Gasteiger partial charge is 0.490 e. The number of nitrogens with zero attached hydrogens (tertiary/aromatic N) is 3. The fourth-order valence-electron chi connectivity index (χ4n) is 3.66. The number of H-pyrrole nitrogens is 1. The van der Waals surface area contributed by atoms with E-state index in [0.717, 1.165) is 18.5 Å². The number of carbonyl (C=O) groups excluding carboxylic acids is 2. The lowest BCUT2D eigenvalue weighted by atomic mass is 10.1. The van der Waals surface area contributed by atoms with E-state index in [1.54, 1.807) is 24.7 Å². The van der Waals surface area contributed by atoms with Crippen molar-refractivity contribution in [3.05, 3.63) is 54.1 Å². The molecule has 2 aliphatic rings. The molecular weight excluding hydrogens is 384 g/mol. The van der Waals surface area contributed by atoms with Gasteiger partial charge in [-0.25, -0.2) is 4.98 Å². The Balaban J connectivity index is 1.28. The predicted molar refractivity (Wildman–Crippen MR) is 111 cm³/mol. The summed E-state index contributed by atoms with van der Waals surface area (Å²) in [6.07, 6.45) is 8.08. The van der Waals surface area contributed by atoms with Gasteiger partial charge in [-0.15, -0.1) is 0 Å². The Morgan fingerprint density at radius 2 is 1.93 bits per heavy atom. The van der Waals surface area contributed by atoms with Crippen LogP contribution in [0.4, 0.5) is 0 Å². The van der Waals surface area contributed by atoms with Crippen molar-refractivity contribution in [2.24, 2.45) is 0 Å². The second-order valence-corrected chi connectivity index (χ2v) is 7.42. The third-order valence-electron chi connectivity index (χ3n) is 5.36. The van der Waals surface area contributed by atoms with E-state index >= 15 is 0 Å². The highest BCUT2D eigenvalue weighted by atomic mass is 16.5.